The van der Waals surface area contributed by atoms with Crippen molar-refractivity contribution in [2.45, 2.75) is 25.4 Å². The number of amides is 1. The van der Waals surface area contributed by atoms with Gasteiger partial charge in [0, 0.05) is 36.0 Å². The summed E-state index contributed by atoms with van der Waals surface area (Å²) in [6.45, 7) is 1.39. The lowest BCUT2D eigenvalue weighted by Gasteiger charge is -2.10. The van der Waals surface area contributed by atoms with Crippen LogP contribution in [0, 0.1) is 0 Å². The number of aromatic nitrogens is 2. The number of methoxy groups -OCH3 is 1. The molecule has 1 N–H and O–H groups in total. The Hall–Kier alpha value is -2.38. The predicted molar refractivity (Wildman–Crippen MR) is 101 cm³/mol. The molecule has 1 aliphatic heterocycles. The quantitative estimate of drug-likeness (QED) is 0.724. The topological polar surface area (TPSA) is 64.9 Å². The maximum Gasteiger partial charge on any atom is 0.226 e. The molecule has 1 amide bonds. The lowest BCUT2D eigenvalue weighted by atomic mass is 10.2. The van der Waals surface area contributed by atoms with Gasteiger partial charge >= 0.3 is 0 Å². The Morgan fingerprint density at radius 2 is 2.27 bits per heavy atom. The van der Waals surface area contributed by atoms with Crippen molar-refractivity contribution in [1.29, 1.82) is 0 Å². The molecule has 0 radical (unpaired) electrons. The molecule has 1 aliphatic rings. The molecule has 1 unspecified atom stereocenters. The Morgan fingerprint density at radius 3 is 3.00 bits per heavy atom. The molecule has 0 bridgehead atoms. The first kappa shape index (κ1) is 17.1. The number of carbonyl (C=O) groups excluding carboxylic acids is 1. The smallest absolute Gasteiger partial charge is 0.226 e. The number of carbonyl (C=O) groups is 1. The normalized spacial score (nSPS) is 16.9. The number of ether oxygens (including phenoxy) is 2. The standard InChI is InChI=1S/C19H21N3O3S/c1-24-15-6-4-13(5-7-15)17-11-22-14(12-26-19(22)21-17)9-18(23)20-10-16-3-2-8-25-16/h4-7,11-12,16H,2-3,8-10H2,1H3,(H,20,23). The number of imidazole rings is 1. The van der Waals surface area contributed by atoms with Crippen LogP contribution >= 0.6 is 11.3 Å². The van der Waals surface area contributed by atoms with E-state index in [1.807, 2.05) is 40.2 Å². The van der Waals surface area contributed by atoms with Crippen LogP contribution < -0.4 is 10.1 Å². The first-order valence-electron chi connectivity index (χ1n) is 8.71. The summed E-state index contributed by atoms with van der Waals surface area (Å²) in [4.78, 5) is 17.8. The van der Waals surface area contributed by atoms with Crippen molar-refractivity contribution in [2.75, 3.05) is 20.3 Å². The second kappa shape index (κ2) is 7.47. The van der Waals surface area contributed by atoms with Crippen molar-refractivity contribution in [1.82, 2.24) is 14.7 Å². The number of nitrogens with one attached hydrogen (secondary N) is 1. The minimum Gasteiger partial charge on any atom is -0.497 e. The second-order valence-electron chi connectivity index (χ2n) is 6.35. The first-order valence-corrected chi connectivity index (χ1v) is 9.59. The summed E-state index contributed by atoms with van der Waals surface area (Å²) in [5.74, 6) is 0.832. The number of fused-ring (bicyclic) bond motifs is 1. The zero-order valence-corrected chi connectivity index (χ0v) is 15.4. The average Bonchev–Trinajstić information content (AvgIpc) is 3.39. The highest BCUT2D eigenvalue weighted by molar-refractivity contribution is 7.15. The number of hydrogen-bond acceptors (Lipinski definition) is 5. The van der Waals surface area contributed by atoms with Gasteiger partial charge < -0.3 is 14.8 Å². The number of benzene rings is 1. The fourth-order valence-electron chi connectivity index (χ4n) is 3.12. The Bertz CT molecular complexity index is 895. The molecule has 26 heavy (non-hydrogen) atoms. The first-order chi connectivity index (χ1) is 12.7. The third kappa shape index (κ3) is 3.59. The lowest BCUT2D eigenvalue weighted by Crippen LogP contribution is -2.32. The van der Waals surface area contributed by atoms with E-state index in [0.29, 0.717) is 13.0 Å². The molecule has 0 aliphatic carbocycles. The fraction of sp³-hybridized carbons (Fsp3) is 0.368. The highest BCUT2D eigenvalue weighted by atomic mass is 32.1. The second-order valence-corrected chi connectivity index (χ2v) is 7.19. The molecule has 6 nitrogen and oxygen atoms in total. The molecule has 0 saturated carbocycles. The van der Waals surface area contributed by atoms with Crippen molar-refractivity contribution in [2.24, 2.45) is 0 Å². The van der Waals surface area contributed by atoms with Crippen molar-refractivity contribution in [3.05, 3.63) is 41.5 Å². The molecular weight excluding hydrogens is 350 g/mol. The minimum atomic E-state index is 0.0138. The summed E-state index contributed by atoms with van der Waals surface area (Å²) in [6, 6.07) is 7.81. The van der Waals surface area contributed by atoms with E-state index in [2.05, 4.69) is 10.3 Å². The van der Waals surface area contributed by atoms with E-state index in [-0.39, 0.29) is 12.0 Å². The molecule has 136 valence electrons. The maximum atomic E-state index is 12.2. The molecule has 1 saturated heterocycles. The monoisotopic (exact) mass is 371 g/mol. The highest BCUT2D eigenvalue weighted by Crippen LogP contribution is 2.25. The fourth-order valence-corrected chi connectivity index (χ4v) is 3.99. The Labute approximate surface area is 155 Å². The molecule has 1 atom stereocenters. The van der Waals surface area contributed by atoms with E-state index in [1.54, 1.807) is 18.4 Å². The Morgan fingerprint density at radius 1 is 1.42 bits per heavy atom. The highest BCUT2D eigenvalue weighted by Gasteiger charge is 2.17. The molecule has 0 spiro atoms. The molecular formula is C19H21N3O3S. The Kier molecular flexibility index (Phi) is 4.90. The van der Waals surface area contributed by atoms with E-state index in [1.165, 1.54) is 0 Å². The molecule has 3 heterocycles. The number of hydrogen-bond donors (Lipinski definition) is 1. The van der Waals surface area contributed by atoms with Gasteiger partial charge in [-0.25, -0.2) is 4.98 Å². The molecule has 4 rings (SSSR count). The van der Waals surface area contributed by atoms with Crippen LogP contribution in [0.5, 0.6) is 5.75 Å². The van der Waals surface area contributed by atoms with Gasteiger partial charge in [-0.15, -0.1) is 11.3 Å². The summed E-state index contributed by atoms with van der Waals surface area (Å²) in [5, 5.41) is 4.96. The minimum absolute atomic E-state index is 0.0138. The van der Waals surface area contributed by atoms with Crippen LogP contribution in [-0.2, 0) is 16.0 Å². The van der Waals surface area contributed by atoms with Crippen LogP contribution in [0.3, 0.4) is 0 Å². The molecule has 7 heteroatoms. The molecule has 1 fully saturated rings. The number of nitrogens with zero attached hydrogens (tertiary/aromatic N) is 2. The van der Waals surface area contributed by atoms with Gasteiger partial charge in [-0.3, -0.25) is 9.20 Å². The van der Waals surface area contributed by atoms with E-state index >= 15 is 0 Å². The van der Waals surface area contributed by atoms with Gasteiger partial charge in [-0.2, -0.15) is 0 Å². The van der Waals surface area contributed by atoms with Gasteiger partial charge in [-0.1, -0.05) is 0 Å². The van der Waals surface area contributed by atoms with Gasteiger partial charge in [0.15, 0.2) is 4.96 Å². The predicted octanol–water partition coefficient (Wildman–Crippen LogP) is 2.91. The molecule has 2 aromatic heterocycles. The molecule has 1 aromatic carbocycles. The van der Waals surface area contributed by atoms with Crippen LogP contribution in [-0.4, -0.2) is 41.7 Å². The SMILES string of the molecule is COc1ccc(-c2cn3c(CC(=O)NCC4CCCO4)csc3n2)cc1. The zero-order valence-electron chi connectivity index (χ0n) is 14.6. The van der Waals surface area contributed by atoms with E-state index in [4.69, 9.17) is 9.47 Å². The summed E-state index contributed by atoms with van der Waals surface area (Å²) in [5.41, 5.74) is 2.86. The van der Waals surface area contributed by atoms with Crippen LogP contribution in [0.25, 0.3) is 16.2 Å². The van der Waals surface area contributed by atoms with Crippen LogP contribution in [0.2, 0.25) is 0 Å². The van der Waals surface area contributed by atoms with Crippen LogP contribution in [0.4, 0.5) is 0 Å². The largest absolute Gasteiger partial charge is 0.497 e. The summed E-state index contributed by atoms with van der Waals surface area (Å²) < 4.78 is 12.7. The van der Waals surface area contributed by atoms with E-state index < -0.39 is 0 Å². The number of rotatable bonds is 6. The van der Waals surface area contributed by atoms with E-state index in [9.17, 15) is 4.79 Å². The summed E-state index contributed by atoms with van der Waals surface area (Å²) in [6.07, 6.45) is 4.59. The third-order valence-corrected chi connectivity index (χ3v) is 5.45. The number of thiazole rings is 1. The van der Waals surface area contributed by atoms with Gasteiger partial charge in [0.05, 0.1) is 25.3 Å². The summed E-state index contributed by atoms with van der Waals surface area (Å²) >= 11 is 1.54. The van der Waals surface area contributed by atoms with Gasteiger partial charge in [-0.05, 0) is 37.1 Å². The Balaban J connectivity index is 1.45. The van der Waals surface area contributed by atoms with Crippen molar-refractivity contribution < 1.29 is 14.3 Å². The van der Waals surface area contributed by atoms with Gasteiger partial charge in [0.2, 0.25) is 5.91 Å². The van der Waals surface area contributed by atoms with Gasteiger partial charge in [0.25, 0.3) is 0 Å². The molecule has 3 aromatic rings. The van der Waals surface area contributed by atoms with Crippen LogP contribution in [0.1, 0.15) is 18.5 Å². The van der Waals surface area contributed by atoms with E-state index in [0.717, 1.165) is 47.1 Å². The van der Waals surface area contributed by atoms with Crippen LogP contribution in [0.15, 0.2) is 35.8 Å². The van der Waals surface area contributed by atoms with Crippen molar-refractivity contribution >= 4 is 22.2 Å². The lowest BCUT2D eigenvalue weighted by molar-refractivity contribution is -0.121. The third-order valence-electron chi connectivity index (χ3n) is 4.56. The zero-order chi connectivity index (χ0) is 17.9. The van der Waals surface area contributed by atoms with Crippen molar-refractivity contribution in [3.8, 4) is 17.0 Å². The van der Waals surface area contributed by atoms with Crippen molar-refractivity contribution in [3.63, 3.8) is 0 Å². The van der Waals surface area contributed by atoms with Gasteiger partial charge in [0.1, 0.15) is 5.75 Å². The average molecular weight is 371 g/mol. The maximum absolute atomic E-state index is 12.2. The summed E-state index contributed by atoms with van der Waals surface area (Å²) in [7, 11) is 1.65.